The Labute approximate surface area is 101 Å². The molecule has 0 amide bonds. The van der Waals surface area contributed by atoms with Gasteiger partial charge in [0.2, 0.25) is 0 Å². The zero-order valence-electron chi connectivity index (χ0n) is 8.61. The number of phenolic OH excluding ortho intramolecular Hbond substituents is 1. The highest BCUT2D eigenvalue weighted by Crippen LogP contribution is 2.25. The summed E-state index contributed by atoms with van der Waals surface area (Å²) in [6, 6.07) is 6.75. The minimum absolute atomic E-state index is 0.181. The lowest BCUT2D eigenvalue weighted by Gasteiger charge is -2.05. The number of nitrogen functional groups attached to an aromatic ring is 1. The van der Waals surface area contributed by atoms with Crippen molar-refractivity contribution in [3.05, 3.63) is 34.4 Å². The van der Waals surface area contributed by atoms with E-state index in [0.29, 0.717) is 16.1 Å². The average molecular weight is 280 g/mol. The Morgan fingerprint density at radius 3 is 2.69 bits per heavy atom. The Hall–Kier alpha value is -1.62. The van der Waals surface area contributed by atoms with Gasteiger partial charge in [0.25, 0.3) is 0 Å². The summed E-state index contributed by atoms with van der Waals surface area (Å²) in [5.41, 5.74) is 7.24. The van der Waals surface area contributed by atoms with Crippen LogP contribution in [-0.2, 0) is 0 Å². The van der Waals surface area contributed by atoms with E-state index in [1.165, 1.54) is 0 Å². The average Bonchev–Trinajstić information content (AvgIpc) is 2.25. The molecule has 2 rings (SSSR count). The van der Waals surface area contributed by atoms with Gasteiger partial charge in [-0.25, -0.2) is 9.97 Å². The van der Waals surface area contributed by atoms with E-state index in [-0.39, 0.29) is 5.75 Å². The van der Waals surface area contributed by atoms with Crippen LogP contribution in [0.15, 0.2) is 28.7 Å². The summed E-state index contributed by atoms with van der Waals surface area (Å²) in [7, 11) is 0. The van der Waals surface area contributed by atoms with Crippen molar-refractivity contribution in [3.63, 3.8) is 0 Å². The molecule has 0 spiro atoms. The monoisotopic (exact) mass is 279 g/mol. The van der Waals surface area contributed by atoms with E-state index in [1.54, 1.807) is 18.2 Å². The maximum atomic E-state index is 9.37. The number of nitrogens with zero attached hydrogens (tertiary/aromatic N) is 2. The Morgan fingerprint density at radius 2 is 2.06 bits per heavy atom. The topological polar surface area (TPSA) is 72.0 Å². The van der Waals surface area contributed by atoms with Crippen molar-refractivity contribution in [3.8, 4) is 17.1 Å². The van der Waals surface area contributed by atoms with Gasteiger partial charge in [0, 0.05) is 5.56 Å². The van der Waals surface area contributed by atoms with Crippen molar-refractivity contribution >= 4 is 21.7 Å². The minimum atomic E-state index is 0.181. The molecule has 1 aromatic carbocycles. The van der Waals surface area contributed by atoms with Gasteiger partial charge in [-0.2, -0.15) is 0 Å². The van der Waals surface area contributed by atoms with E-state index in [2.05, 4.69) is 25.9 Å². The number of hydrogen-bond acceptors (Lipinski definition) is 4. The molecule has 4 nitrogen and oxygen atoms in total. The van der Waals surface area contributed by atoms with E-state index in [0.717, 1.165) is 11.3 Å². The minimum Gasteiger partial charge on any atom is -0.508 e. The summed E-state index contributed by atoms with van der Waals surface area (Å²) in [4.78, 5) is 8.45. The third-order valence-corrected chi connectivity index (χ3v) is 3.13. The molecule has 0 saturated carbocycles. The fraction of sp³-hybridized carbons (Fsp3) is 0.0909. The smallest absolute Gasteiger partial charge is 0.161 e. The molecule has 1 heterocycles. The van der Waals surface area contributed by atoms with Crippen LogP contribution in [0.5, 0.6) is 5.75 Å². The number of halogens is 1. The normalized spacial score (nSPS) is 10.4. The number of aromatic hydroxyl groups is 1. The third-order valence-electron chi connectivity index (χ3n) is 2.15. The van der Waals surface area contributed by atoms with Crippen LogP contribution >= 0.6 is 15.9 Å². The third kappa shape index (κ3) is 1.99. The van der Waals surface area contributed by atoms with Crippen molar-refractivity contribution in [1.29, 1.82) is 0 Å². The molecule has 0 atom stereocenters. The Morgan fingerprint density at radius 1 is 1.31 bits per heavy atom. The standard InChI is InChI=1S/C11H10BrN3O/c1-6-9(12)10(13)15-11(14-6)7-3-2-4-8(16)5-7/h2-5,16H,1H3,(H2,13,14,15). The first-order chi connectivity index (χ1) is 7.58. The Balaban J connectivity index is 2.57. The molecule has 0 fully saturated rings. The summed E-state index contributed by atoms with van der Waals surface area (Å²) in [6.45, 7) is 1.84. The maximum Gasteiger partial charge on any atom is 0.161 e. The lowest BCUT2D eigenvalue weighted by atomic mass is 10.2. The van der Waals surface area contributed by atoms with Crippen LogP contribution in [0, 0.1) is 6.92 Å². The number of phenols is 1. The zero-order chi connectivity index (χ0) is 11.7. The molecule has 0 aliphatic rings. The molecule has 0 radical (unpaired) electrons. The van der Waals surface area contributed by atoms with E-state index in [4.69, 9.17) is 5.73 Å². The fourth-order valence-corrected chi connectivity index (χ4v) is 1.53. The number of aromatic nitrogens is 2. The van der Waals surface area contributed by atoms with Crippen molar-refractivity contribution in [2.45, 2.75) is 6.92 Å². The Kier molecular flexibility index (Phi) is 2.78. The van der Waals surface area contributed by atoms with Crippen LogP contribution in [0.1, 0.15) is 5.69 Å². The number of hydrogen-bond donors (Lipinski definition) is 2. The second-order valence-corrected chi connectivity index (χ2v) is 4.18. The van der Waals surface area contributed by atoms with Gasteiger partial charge in [0.15, 0.2) is 5.82 Å². The van der Waals surface area contributed by atoms with Crippen molar-refractivity contribution in [1.82, 2.24) is 9.97 Å². The first kappa shape index (κ1) is 10.9. The molecule has 0 bridgehead atoms. The molecule has 0 unspecified atom stereocenters. The van der Waals surface area contributed by atoms with Crippen LogP contribution in [0.3, 0.4) is 0 Å². The van der Waals surface area contributed by atoms with E-state index >= 15 is 0 Å². The first-order valence-corrected chi connectivity index (χ1v) is 5.46. The molecule has 16 heavy (non-hydrogen) atoms. The second-order valence-electron chi connectivity index (χ2n) is 3.38. The molecule has 2 aromatic rings. The predicted octanol–water partition coefficient (Wildman–Crippen LogP) is 2.50. The van der Waals surface area contributed by atoms with Gasteiger partial charge in [0.05, 0.1) is 10.2 Å². The van der Waals surface area contributed by atoms with E-state index < -0.39 is 0 Å². The lowest BCUT2D eigenvalue weighted by Crippen LogP contribution is -1.99. The van der Waals surface area contributed by atoms with Crippen molar-refractivity contribution in [2.24, 2.45) is 0 Å². The zero-order valence-corrected chi connectivity index (χ0v) is 10.2. The highest BCUT2D eigenvalue weighted by molar-refractivity contribution is 9.10. The predicted molar refractivity (Wildman–Crippen MR) is 66.0 cm³/mol. The van der Waals surface area contributed by atoms with Crippen LogP contribution in [0.2, 0.25) is 0 Å². The number of anilines is 1. The highest BCUT2D eigenvalue weighted by atomic mass is 79.9. The molecule has 0 saturated heterocycles. The van der Waals surface area contributed by atoms with Crippen LogP contribution in [-0.4, -0.2) is 15.1 Å². The summed E-state index contributed by atoms with van der Waals surface area (Å²) in [6.07, 6.45) is 0. The van der Waals surface area contributed by atoms with Gasteiger partial charge >= 0.3 is 0 Å². The summed E-state index contributed by atoms with van der Waals surface area (Å²) >= 11 is 3.30. The molecule has 0 aliphatic carbocycles. The quantitative estimate of drug-likeness (QED) is 0.841. The SMILES string of the molecule is Cc1nc(-c2cccc(O)c2)nc(N)c1Br. The molecule has 3 N–H and O–H groups in total. The molecule has 82 valence electrons. The van der Waals surface area contributed by atoms with Gasteiger partial charge in [-0.3, -0.25) is 0 Å². The van der Waals surface area contributed by atoms with Gasteiger partial charge in [-0.1, -0.05) is 12.1 Å². The van der Waals surface area contributed by atoms with Crippen LogP contribution < -0.4 is 5.73 Å². The van der Waals surface area contributed by atoms with Crippen LogP contribution in [0.4, 0.5) is 5.82 Å². The summed E-state index contributed by atoms with van der Waals surface area (Å²) < 4.78 is 0.705. The molecular formula is C11H10BrN3O. The molecule has 1 aromatic heterocycles. The number of rotatable bonds is 1. The van der Waals surface area contributed by atoms with Crippen LogP contribution in [0.25, 0.3) is 11.4 Å². The molecule has 0 aliphatic heterocycles. The second kappa shape index (κ2) is 4.09. The molecule has 5 heteroatoms. The maximum absolute atomic E-state index is 9.37. The van der Waals surface area contributed by atoms with E-state index in [1.807, 2.05) is 13.0 Å². The van der Waals surface area contributed by atoms with Gasteiger partial charge in [-0.05, 0) is 35.0 Å². The summed E-state index contributed by atoms with van der Waals surface area (Å²) in [5.74, 6) is 1.08. The van der Waals surface area contributed by atoms with Crippen molar-refractivity contribution < 1.29 is 5.11 Å². The Bertz CT molecular complexity index is 519. The van der Waals surface area contributed by atoms with Gasteiger partial charge in [-0.15, -0.1) is 0 Å². The molecular weight excluding hydrogens is 270 g/mol. The largest absolute Gasteiger partial charge is 0.508 e. The van der Waals surface area contributed by atoms with Gasteiger partial charge < -0.3 is 10.8 Å². The lowest BCUT2D eigenvalue weighted by molar-refractivity contribution is 0.475. The number of benzene rings is 1. The number of nitrogens with two attached hydrogens (primary N) is 1. The van der Waals surface area contributed by atoms with E-state index in [9.17, 15) is 5.11 Å². The summed E-state index contributed by atoms with van der Waals surface area (Å²) in [5, 5.41) is 9.37. The highest BCUT2D eigenvalue weighted by Gasteiger charge is 2.08. The first-order valence-electron chi connectivity index (χ1n) is 4.67. The fourth-order valence-electron chi connectivity index (χ4n) is 1.36. The number of aryl methyl sites for hydroxylation is 1. The van der Waals surface area contributed by atoms with Crippen molar-refractivity contribution in [2.75, 3.05) is 5.73 Å². The van der Waals surface area contributed by atoms with Gasteiger partial charge in [0.1, 0.15) is 11.6 Å².